The molecule has 3 aromatic rings. The lowest BCUT2D eigenvalue weighted by atomic mass is 10.1. The number of nitrogens with one attached hydrogen (secondary N) is 1. The summed E-state index contributed by atoms with van der Waals surface area (Å²) < 4.78 is 1.38. The zero-order valence-electron chi connectivity index (χ0n) is 15.0. The first-order chi connectivity index (χ1) is 13.5. The van der Waals surface area contributed by atoms with Crippen molar-refractivity contribution < 1.29 is 9.59 Å². The third-order valence-corrected chi connectivity index (χ3v) is 5.39. The highest BCUT2D eigenvalue weighted by atomic mass is 32.1. The fourth-order valence-corrected chi connectivity index (χ4v) is 3.95. The third kappa shape index (κ3) is 3.41. The zero-order chi connectivity index (χ0) is 19.7. The van der Waals surface area contributed by atoms with Gasteiger partial charge in [-0.2, -0.15) is 0 Å². The molecule has 1 aliphatic heterocycles. The maximum Gasteiger partial charge on any atom is 0.277 e. The number of thiazole rings is 1. The van der Waals surface area contributed by atoms with Crippen LogP contribution < -0.4 is 10.9 Å². The third-order valence-electron chi connectivity index (χ3n) is 4.39. The summed E-state index contributed by atoms with van der Waals surface area (Å²) >= 11 is 1.31. The molecule has 0 saturated heterocycles. The number of anilines is 1. The predicted octanol–water partition coefficient (Wildman–Crippen LogP) is 1.08. The number of amides is 2. The van der Waals surface area contributed by atoms with Crippen LogP contribution >= 0.6 is 11.3 Å². The van der Waals surface area contributed by atoms with Gasteiger partial charge in [-0.25, -0.2) is 9.97 Å². The lowest BCUT2D eigenvalue weighted by molar-refractivity contribution is 0.0733. The predicted molar refractivity (Wildman–Crippen MR) is 102 cm³/mol. The molecule has 0 saturated carbocycles. The quantitative estimate of drug-likeness (QED) is 0.709. The Labute approximate surface area is 163 Å². The monoisotopic (exact) mass is 396 g/mol. The largest absolute Gasteiger partial charge is 0.333 e. The average Bonchev–Trinajstić information content (AvgIpc) is 3.11. The van der Waals surface area contributed by atoms with Crippen LogP contribution in [0.15, 0.2) is 41.7 Å². The van der Waals surface area contributed by atoms with Crippen LogP contribution in [0.4, 0.5) is 5.13 Å². The SMILES string of the molecule is Cn1cccc(C(=O)N2CCc3nc(NC(=O)c4cnccn4)sc3C2)c1=O. The highest BCUT2D eigenvalue weighted by molar-refractivity contribution is 7.15. The van der Waals surface area contributed by atoms with Gasteiger partial charge in [-0.3, -0.25) is 24.7 Å². The fraction of sp³-hybridized carbons (Fsp3) is 0.222. The molecular weight excluding hydrogens is 380 g/mol. The molecule has 2 amide bonds. The Bertz CT molecular complexity index is 1110. The van der Waals surface area contributed by atoms with Crippen molar-refractivity contribution in [3.05, 3.63) is 69.1 Å². The smallest absolute Gasteiger partial charge is 0.277 e. The summed E-state index contributed by atoms with van der Waals surface area (Å²) in [6, 6.07) is 3.22. The number of carbonyl (C=O) groups is 2. The molecule has 0 radical (unpaired) electrons. The van der Waals surface area contributed by atoms with Crippen molar-refractivity contribution in [2.45, 2.75) is 13.0 Å². The summed E-state index contributed by atoms with van der Waals surface area (Å²) in [7, 11) is 1.61. The van der Waals surface area contributed by atoms with Gasteiger partial charge < -0.3 is 9.47 Å². The van der Waals surface area contributed by atoms with E-state index in [4.69, 9.17) is 0 Å². The lowest BCUT2D eigenvalue weighted by Crippen LogP contribution is -2.39. The Morgan fingerprint density at radius 3 is 2.93 bits per heavy atom. The normalized spacial score (nSPS) is 13.1. The van der Waals surface area contributed by atoms with E-state index in [0.717, 1.165) is 10.6 Å². The molecule has 0 spiro atoms. The van der Waals surface area contributed by atoms with Crippen LogP contribution in [-0.2, 0) is 20.0 Å². The number of hydrogen-bond acceptors (Lipinski definition) is 7. The van der Waals surface area contributed by atoms with Crippen LogP contribution in [0.2, 0.25) is 0 Å². The number of aromatic nitrogens is 4. The van der Waals surface area contributed by atoms with Gasteiger partial charge in [0.1, 0.15) is 11.3 Å². The van der Waals surface area contributed by atoms with Crippen LogP contribution in [0.5, 0.6) is 0 Å². The minimum atomic E-state index is -0.389. The summed E-state index contributed by atoms with van der Waals surface area (Å²) in [5.41, 5.74) is 0.880. The van der Waals surface area contributed by atoms with E-state index in [9.17, 15) is 14.4 Å². The maximum atomic E-state index is 12.8. The number of carbonyl (C=O) groups excluding carboxylic acids is 2. The van der Waals surface area contributed by atoms with Gasteiger partial charge in [0, 0.05) is 43.5 Å². The van der Waals surface area contributed by atoms with Crippen molar-refractivity contribution in [2.75, 3.05) is 11.9 Å². The Morgan fingerprint density at radius 1 is 1.29 bits per heavy atom. The fourth-order valence-electron chi connectivity index (χ4n) is 2.93. The van der Waals surface area contributed by atoms with E-state index in [1.807, 2.05) is 0 Å². The number of aryl methyl sites for hydroxylation is 1. The number of fused-ring (bicyclic) bond motifs is 1. The van der Waals surface area contributed by atoms with E-state index in [-0.39, 0.29) is 28.6 Å². The molecule has 4 heterocycles. The molecule has 3 aromatic heterocycles. The molecule has 0 aromatic carbocycles. The van der Waals surface area contributed by atoms with Crippen LogP contribution in [-0.4, -0.2) is 42.8 Å². The second-order valence-electron chi connectivity index (χ2n) is 6.25. The number of hydrogen-bond donors (Lipinski definition) is 1. The highest BCUT2D eigenvalue weighted by Crippen LogP contribution is 2.29. The molecule has 4 rings (SSSR count). The van der Waals surface area contributed by atoms with Crippen molar-refractivity contribution in [1.82, 2.24) is 24.4 Å². The molecule has 1 aliphatic rings. The molecule has 9 nitrogen and oxygen atoms in total. The van der Waals surface area contributed by atoms with Crippen molar-refractivity contribution in [1.29, 1.82) is 0 Å². The van der Waals surface area contributed by atoms with Crippen molar-refractivity contribution in [2.24, 2.45) is 7.05 Å². The van der Waals surface area contributed by atoms with Gasteiger partial charge in [0.15, 0.2) is 5.13 Å². The first kappa shape index (κ1) is 18.0. The summed E-state index contributed by atoms with van der Waals surface area (Å²) in [5, 5.41) is 3.17. The Kier molecular flexibility index (Phi) is 4.70. The first-order valence-corrected chi connectivity index (χ1v) is 9.35. The minimum Gasteiger partial charge on any atom is -0.333 e. The molecule has 0 unspecified atom stereocenters. The minimum absolute atomic E-state index is 0.147. The van der Waals surface area contributed by atoms with E-state index in [2.05, 4.69) is 20.3 Å². The standard InChI is InChI=1S/C18H16N6O3S/c1-23-7-2-3-11(16(23)26)17(27)24-8-4-12-14(10-24)28-18(21-12)22-15(25)13-9-19-5-6-20-13/h2-3,5-7,9H,4,8,10H2,1H3,(H,21,22,25). The molecule has 142 valence electrons. The molecule has 0 bridgehead atoms. The maximum absolute atomic E-state index is 12.8. The molecular formula is C18H16N6O3S. The van der Waals surface area contributed by atoms with Crippen LogP contribution in [0.3, 0.4) is 0 Å². The van der Waals surface area contributed by atoms with Crippen LogP contribution in [0.25, 0.3) is 0 Å². The van der Waals surface area contributed by atoms with E-state index < -0.39 is 0 Å². The zero-order valence-corrected chi connectivity index (χ0v) is 15.8. The average molecular weight is 396 g/mol. The molecule has 1 N–H and O–H groups in total. The van der Waals surface area contributed by atoms with Gasteiger partial charge in [0.2, 0.25) is 0 Å². The highest BCUT2D eigenvalue weighted by Gasteiger charge is 2.27. The van der Waals surface area contributed by atoms with Crippen molar-refractivity contribution in [3.8, 4) is 0 Å². The molecule has 28 heavy (non-hydrogen) atoms. The molecule has 0 atom stereocenters. The second-order valence-corrected chi connectivity index (χ2v) is 7.33. The van der Waals surface area contributed by atoms with Crippen LogP contribution in [0, 0.1) is 0 Å². The summed E-state index contributed by atoms with van der Waals surface area (Å²) in [4.78, 5) is 52.0. The van der Waals surface area contributed by atoms with Gasteiger partial charge in [-0.05, 0) is 12.1 Å². The summed E-state index contributed by atoms with van der Waals surface area (Å²) in [6.07, 6.45) is 6.49. The van der Waals surface area contributed by atoms with Crippen molar-refractivity contribution in [3.63, 3.8) is 0 Å². The van der Waals surface area contributed by atoms with E-state index >= 15 is 0 Å². The lowest BCUT2D eigenvalue weighted by Gasteiger charge is -2.25. The van der Waals surface area contributed by atoms with E-state index in [0.29, 0.717) is 24.6 Å². The molecule has 0 aliphatic carbocycles. The number of nitrogens with zero attached hydrogens (tertiary/aromatic N) is 5. The number of pyridine rings is 1. The topological polar surface area (TPSA) is 110 Å². The summed E-state index contributed by atoms with van der Waals surface area (Å²) in [6.45, 7) is 0.816. The van der Waals surface area contributed by atoms with E-state index in [1.165, 1.54) is 34.5 Å². The second kappa shape index (κ2) is 7.31. The van der Waals surface area contributed by atoms with Crippen LogP contribution in [0.1, 0.15) is 31.4 Å². The molecule has 0 fully saturated rings. The van der Waals surface area contributed by atoms with Gasteiger partial charge in [-0.15, -0.1) is 0 Å². The van der Waals surface area contributed by atoms with Gasteiger partial charge in [-0.1, -0.05) is 11.3 Å². The first-order valence-electron chi connectivity index (χ1n) is 8.54. The molecule has 10 heteroatoms. The van der Waals surface area contributed by atoms with Crippen molar-refractivity contribution >= 4 is 28.3 Å². The summed E-state index contributed by atoms with van der Waals surface area (Å²) in [5.74, 6) is -0.690. The Hall–Kier alpha value is -3.40. The Morgan fingerprint density at radius 2 is 2.14 bits per heavy atom. The van der Waals surface area contributed by atoms with E-state index in [1.54, 1.807) is 30.3 Å². The number of rotatable bonds is 3. The van der Waals surface area contributed by atoms with Gasteiger partial charge in [0.05, 0.1) is 18.4 Å². The van der Waals surface area contributed by atoms with Gasteiger partial charge in [0.25, 0.3) is 17.4 Å². The van der Waals surface area contributed by atoms with Gasteiger partial charge >= 0.3 is 0 Å². The Balaban J connectivity index is 1.50.